The molecular weight excluding hydrogens is 288 g/mol. The third kappa shape index (κ3) is 4.03. The topological polar surface area (TPSA) is 81.4 Å². The Balaban J connectivity index is 2.01. The van der Waals surface area contributed by atoms with Gasteiger partial charge >= 0.3 is 0 Å². The maximum atomic E-state index is 12.3. The molecular formula is C15H24N2O3S. The lowest BCUT2D eigenvalue weighted by Gasteiger charge is -2.17. The molecule has 1 fully saturated rings. The van der Waals surface area contributed by atoms with Crippen molar-refractivity contribution in [1.82, 2.24) is 4.72 Å². The molecule has 0 saturated carbocycles. The Hall–Kier alpha value is -0.950. The van der Waals surface area contributed by atoms with E-state index in [4.69, 9.17) is 10.5 Å². The van der Waals surface area contributed by atoms with E-state index < -0.39 is 10.0 Å². The van der Waals surface area contributed by atoms with Crippen LogP contribution < -0.4 is 10.5 Å². The summed E-state index contributed by atoms with van der Waals surface area (Å²) in [5, 5.41) is 0. The Kier molecular flexibility index (Phi) is 5.37. The summed E-state index contributed by atoms with van der Waals surface area (Å²) in [7, 11) is -3.47. The molecule has 1 aromatic rings. The average Bonchev–Trinajstić information content (AvgIpc) is 2.93. The molecule has 1 saturated heterocycles. The molecule has 0 spiro atoms. The van der Waals surface area contributed by atoms with Gasteiger partial charge in [0.2, 0.25) is 10.0 Å². The van der Waals surface area contributed by atoms with Crippen molar-refractivity contribution in [2.75, 3.05) is 13.2 Å². The number of rotatable bonds is 6. The minimum Gasteiger partial charge on any atom is -0.378 e. The molecule has 3 atom stereocenters. The molecule has 0 amide bonds. The predicted molar refractivity (Wildman–Crippen MR) is 82.4 cm³/mol. The first-order valence-electron chi connectivity index (χ1n) is 7.41. The van der Waals surface area contributed by atoms with Crippen molar-refractivity contribution in [3.8, 4) is 0 Å². The first-order valence-corrected chi connectivity index (χ1v) is 8.89. The van der Waals surface area contributed by atoms with Gasteiger partial charge in [0.05, 0.1) is 11.0 Å². The number of sulfonamides is 1. The Morgan fingerprint density at radius 1 is 1.38 bits per heavy atom. The van der Waals surface area contributed by atoms with Crippen molar-refractivity contribution in [2.45, 2.75) is 43.7 Å². The first-order chi connectivity index (χ1) is 9.94. The Bertz CT molecular complexity index is 555. The second-order valence-corrected chi connectivity index (χ2v) is 7.34. The molecule has 1 heterocycles. The molecule has 1 aromatic carbocycles. The highest BCUT2D eigenvalue weighted by atomic mass is 32.2. The summed E-state index contributed by atoms with van der Waals surface area (Å²) in [5.74, 6) is 0.258. The number of nitrogens with one attached hydrogen (secondary N) is 1. The van der Waals surface area contributed by atoms with E-state index in [0.29, 0.717) is 13.2 Å². The highest BCUT2D eigenvalue weighted by Crippen LogP contribution is 2.23. The van der Waals surface area contributed by atoms with Crippen LogP contribution >= 0.6 is 0 Å². The van der Waals surface area contributed by atoms with Crippen LogP contribution in [0.15, 0.2) is 29.2 Å². The summed E-state index contributed by atoms with van der Waals surface area (Å²) < 4.78 is 32.8. The van der Waals surface area contributed by atoms with Crippen molar-refractivity contribution < 1.29 is 13.2 Å². The van der Waals surface area contributed by atoms with Gasteiger partial charge in [-0.1, -0.05) is 19.1 Å². The van der Waals surface area contributed by atoms with Gasteiger partial charge in [-0.25, -0.2) is 13.1 Å². The lowest BCUT2D eigenvalue weighted by atomic mass is 10.0. The molecule has 1 aliphatic rings. The molecule has 118 valence electrons. The normalized spacial score (nSPS) is 24.1. The smallest absolute Gasteiger partial charge is 0.240 e. The molecule has 2 rings (SSSR count). The molecule has 0 radical (unpaired) electrons. The molecule has 0 aromatic heterocycles. The van der Waals surface area contributed by atoms with Crippen LogP contribution in [0.2, 0.25) is 0 Å². The third-order valence-electron chi connectivity index (χ3n) is 4.00. The lowest BCUT2D eigenvalue weighted by Crippen LogP contribution is -2.32. The van der Waals surface area contributed by atoms with Gasteiger partial charge in [0.25, 0.3) is 0 Å². The SMILES string of the molecule is CCC1OCCC1CNS(=O)(=O)c1ccc(C(C)N)cc1. The molecule has 21 heavy (non-hydrogen) atoms. The largest absolute Gasteiger partial charge is 0.378 e. The van der Waals surface area contributed by atoms with Gasteiger partial charge in [0.1, 0.15) is 0 Å². The van der Waals surface area contributed by atoms with E-state index in [0.717, 1.165) is 18.4 Å². The van der Waals surface area contributed by atoms with Gasteiger partial charge in [-0.2, -0.15) is 0 Å². The van der Waals surface area contributed by atoms with Crippen LogP contribution in [0, 0.1) is 5.92 Å². The maximum absolute atomic E-state index is 12.3. The average molecular weight is 312 g/mol. The minimum absolute atomic E-state index is 0.101. The van der Waals surface area contributed by atoms with Crippen molar-refractivity contribution in [3.63, 3.8) is 0 Å². The monoisotopic (exact) mass is 312 g/mol. The van der Waals surface area contributed by atoms with Gasteiger partial charge < -0.3 is 10.5 Å². The van der Waals surface area contributed by atoms with E-state index in [9.17, 15) is 8.42 Å². The summed E-state index contributed by atoms with van der Waals surface area (Å²) in [4.78, 5) is 0.277. The van der Waals surface area contributed by atoms with Crippen LogP contribution in [0.1, 0.15) is 38.3 Å². The number of nitrogens with two attached hydrogens (primary N) is 1. The fraction of sp³-hybridized carbons (Fsp3) is 0.600. The molecule has 0 aliphatic carbocycles. The van der Waals surface area contributed by atoms with Gasteiger partial charge in [-0.15, -0.1) is 0 Å². The molecule has 3 unspecified atom stereocenters. The van der Waals surface area contributed by atoms with E-state index in [-0.39, 0.29) is 23.0 Å². The van der Waals surface area contributed by atoms with E-state index >= 15 is 0 Å². The van der Waals surface area contributed by atoms with Crippen molar-refractivity contribution >= 4 is 10.0 Å². The summed E-state index contributed by atoms with van der Waals surface area (Å²) in [6.45, 7) is 5.07. The number of hydrogen-bond acceptors (Lipinski definition) is 4. The van der Waals surface area contributed by atoms with E-state index in [1.807, 2.05) is 6.92 Å². The minimum atomic E-state index is -3.47. The van der Waals surface area contributed by atoms with Crippen LogP contribution in [0.4, 0.5) is 0 Å². The van der Waals surface area contributed by atoms with Crippen LogP contribution in [0.5, 0.6) is 0 Å². The lowest BCUT2D eigenvalue weighted by molar-refractivity contribution is 0.0884. The molecule has 3 N–H and O–H groups in total. The van der Waals surface area contributed by atoms with Crippen molar-refractivity contribution in [3.05, 3.63) is 29.8 Å². The Labute approximate surface area is 126 Å². The van der Waals surface area contributed by atoms with E-state index in [1.54, 1.807) is 24.3 Å². The zero-order valence-corrected chi connectivity index (χ0v) is 13.4. The van der Waals surface area contributed by atoms with Gasteiger partial charge in [0.15, 0.2) is 0 Å². The zero-order valence-electron chi connectivity index (χ0n) is 12.6. The summed E-state index contributed by atoms with van der Waals surface area (Å²) in [6.07, 6.45) is 1.98. The Morgan fingerprint density at radius 3 is 2.62 bits per heavy atom. The summed E-state index contributed by atoms with van der Waals surface area (Å²) >= 11 is 0. The number of benzene rings is 1. The van der Waals surface area contributed by atoms with E-state index in [1.165, 1.54) is 0 Å². The van der Waals surface area contributed by atoms with Crippen LogP contribution in [0.25, 0.3) is 0 Å². The van der Waals surface area contributed by atoms with Crippen molar-refractivity contribution in [1.29, 1.82) is 0 Å². The maximum Gasteiger partial charge on any atom is 0.240 e. The standard InChI is InChI=1S/C15H24N2O3S/c1-3-15-13(8-9-20-15)10-17-21(18,19)14-6-4-12(5-7-14)11(2)16/h4-7,11,13,15,17H,3,8-10,16H2,1-2H3. The summed E-state index contributed by atoms with van der Waals surface area (Å²) in [6, 6.07) is 6.61. The van der Waals surface area contributed by atoms with Crippen LogP contribution in [0.3, 0.4) is 0 Å². The fourth-order valence-corrected chi connectivity index (χ4v) is 3.72. The number of hydrogen-bond donors (Lipinski definition) is 2. The predicted octanol–water partition coefficient (Wildman–Crippen LogP) is 1.80. The third-order valence-corrected chi connectivity index (χ3v) is 5.44. The zero-order chi connectivity index (χ0) is 15.5. The second kappa shape index (κ2) is 6.87. The molecule has 6 heteroatoms. The first kappa shape index (κ1) is 16.4. The van der Waals surface area contributed by atoms with Gasteiger partial charge in [-0.3, -0.25) is 0 Å². The number of ether oxygens (including phenoxy) is 1. The highest BCUT2D eigenvalue weighted by molar-refractivity contribution is 7.89. The fourth-order valence-electron chi connectivity index (χ4n) is 2.63. The van der Waals surface area contributed by atoms with Crippen LogP contribution in [-0.2, 0) is 14.8 Å². The van der Waals surface area contributed by atoms with Crippen molar-refractivity contribution in [2.24, 2.45) is 11.7 Å². The second-order valence-electron chi connectivity index (χ2n) is 5.58. The molecule has 1 aliphatic heterocycles. The van der Waals surface area contributed by atoms with E-state index in [2.05, 4.69) is 11.6 Å². The molecule has 5 nitrogen and oxygen atoms in total. The van der Waals surface area contributed by atoms with Gasteiger partial charge in [-0.05, 0) is 37.5 Å². The van der Waals surface area contributed by atoms with Crippen LogP contribution in [-0.4, -0.2) is 27.7 Å². The Morgan fingerprint density at radius 2 is 2.05 bits per heavy atom. The quantitative estimate of drug-likeness (QED) is 0.839. The highest BCUT2D eigenvalue weighted by Gasteiger charge is 2.28. The summed E-state index contributed by atoms with van der Waals surface area (Å²) in [5.41, 5.74) is 6.69. The molecule has 0 bridgehead atoms. The van der Waals surface area contributed by atoms with Gasteiger partial charge in [0, 0.05) is 25.1 Å².